The van der Waals surface area contributed by atoms with E-state index in [4.69, 9.17) is 5.53 Å². The second kappa shape index (κ2) is 4.03. The molecule has 6 heteroatoms. The summed E-state index contributed by atoms with van der Waals surface area (Å²) in [6, 6.07) is 8.34. The smallest absolute Gasteiger partial charge is 0.304 e. The van der Waals surface area contributed by atoms with Gasteiger partial charge in [-0.05, 0) is 6.07 Å². The Balaban J connectivity index is 2.48. The van der Waals surface area contributed by atoms with Crippen molar-refractivity contribution in [2.75, 3.05) is 0 Å². The van der Waals surface area contributed by atoms with Crippen LogP contribution in [0, 0.1) is 5.53 Å². The summed E-state index contributed by atoms with van der Waals surface area (Å²) in [5.41, 5.74) is 6.73. The van der Waals surface area contributed by atoms with Gasteiger partial charge < -0.3 is 10.2 Å². The van der Waals surface area contributed by atoms with Crippen LogP contribution in [0.2, 0.25) is 0 Å². The van der Waals surface area contributed by atoms with Gasteiger partial charge in [0.25, 0.3) is 0 Å². The lowest BCUT2D eigenvalue weighted by Gasteiger charge is -2.05. The SMILES string of the molecule is N=NC(=O)c1cc2c(O)c3ccccc3c(O)c2s1. The molecule has 3 rings (SSSR count). The van der Waals surface area contributed by atoms with E-state index in [1.54, 1.807) is 24.3 Å². The number of carbonyl (C=O) groups excluding carboxylic acids is 1. The summed E-state index contributed by atoms with van der Waals surface area (Å²) in [5, 5.41) is 24.7. The average Bonchev–Trinajstić information content (AvgIpc) is 2.89. The first-order chi connectivity index (χ1) is 9.13. The maximum atomic E-state index is 11.4. The quantitative estimate of drug-likeness (QED) is 0.466. The lowest BCUT2D eigenvalue weighted by molar-refractivity contribution is 0.0995. The Morgan fingerprint density at radius 3 is 2.37 bits per heavy atom. The summed E-state index contributed by atoms with van der Waals surface area (Å²) >= 11 is 1.01. The molecular weight excluding hydrogens is 264 g/mol. The fraction of sp³-hybridized carbons (Fsp3) is 0. The molecule has 2 aromatic carbocycles. The van der Waals surface area contributed by atoms with Crippen molar-refractivity contribution in [1.29, 1.82) is 5.53 Å². The van der Waals surface area contributed by atoms with Crippen LogP contribution in [-0.4, -0.2) is 16.1 Å². The molecule has 0 saturated carbocycles. The standard InChI is InChI=1S/C13H8N2O3S/c14-15-13(18)9-5-8-10(16)6-3-1-2-4-7(6)11(17)12(8)19-9/h1-5,14,16-17H. The Morgan fingerprint density at radius 2 is 1.74 bits per heavy atom. The summed E-state index contributed by atoms with van der Waals surface area (Å²) in [5.74, 6) is -0.648. The summed E-state index contributed by atoms with van der Waals surface area (Å²) in [6.45, 7) is 0. The van der Waals surface area contributed by atoms with Gasteiger partial charge in [0.1, 0.15) is 11.5 Å². The van der Waals surface area contributed by atoms with E-state index in [1.807, 2.05) is 0 Å². The summed E-state index contributed by atoms with van der Waals surface area (Å²) in [7, 11) is 0. The number of rotatable bonds is 1. The Hall–Kier alpha value is -2.47. The van der Waals surface area contributed by atoms with Gasteiger partial charge in [-0.1, -0.05) is 24.3 Å². The molecule has 0 bridgehead atoms. The Labute approximate surface area is 111 Å². The number of hydrogen-bond donors (Lipinski definition) is 3. The topological polar surface area (TPSA) is 93.7 Å². The molecule has 0 saturated heterocycles. The molecule has 94 valence electrons. The molecular formula is C13H8N2O3S. The van der Waals surface area contributed by atoms with Crippen molar-refractivity contribution in [3.05, 3.63) is 35.2 Å². The van der Waals surface area contributed by atoms with Gasteiger partial charge in [-0.3, -0.25) is 4.79 Å². The number of nitrogens with zero attached hydrogens (tertiary/aromatic N) is 1. The van der Waals surface area contributed by atoms with Crippen molar-refractivity contribution in [2.24, 2.45) is 5.11 Å². The number of thiophene rings is 1. The van der Waals surface area contributed by atoms with Gasteiger partial charge in [-0.15, -0.1) is 16.5 Å². The van der Waals surface area contributed by atoms with Gasteiger partial charge in [0, 0.05) is 16.2 Å². The number of carbonyl (C=O) groups is 1. The van der Waals surface area contributed by atoms with Crippen LogP contribution in [0.25, 0.3) is 20.9 Å². The molecule has 1 aromatic heterocycles. The van der Waals surface area contributed by atoms with Crippen LogP contribution in [0.15, 0.2) is 35.4 Å². The van der Waals surface area contributed by atoms with Crippen LogP contribution >= 0.6 is 11.3 Å². The van der Waals surface area contributed by atoms with Crippen molar-refractivity contribution < 1.29 is 15.0 Å². The number of aromatic hydroxyl groups is 2. The molecule has 0 fully saturated rings. The minimum atomic E-state index is -0.691. The molecule has 19 heavy (non-hydrogen) atoms. The predicted molar refractivity (Wildman–Crippen MR) is 72.1 cm³/mol. The fourth-order valence-electron chi connectivity index (χ4n) is 2.07. The third kappa shape index (κ3) is 1.57. The van der Waals surface area contributed by atoms with Gasteiger partial charge in [0.15, 0.2) is 0 Å². The van der Waals surface area contributed by atoms with Crippen molar-refractivity contribution in [2.45, 2.75) is 0 Å². The molecule has 0 aliphatic carbocycles. The second-order valence-electron chi connectivity index (χ2n) is 4.01. The Kier molecular flexibility index (Phi) is 2.46. The van der Waals surface area contributed by atoms with E-state index in [0.29, 0.717) is 20.9 Å². The summed E-state index contributed by atoms with van der Waals surface area (Å²) in [6.07, 6.45) is 0. The van der Waals surface area contributed by atoms with Gasteiger partial charge in [-0.25, -0.2) is 5.53 Å². The Morgan fingerprint density at radius 1 is 1.11 bits per heavy atom. The number of phenolic OH excluding ortho intramolecular Hbond substituents is 2. The van der Waals surface area contributed by atoms with Crippen molar-refractivity contribution >= 4 is 38.1 Å². The van der Waals surface area contributed by atoms with Crippen molar-refractivity contribution in [1.82, 2.24) is 0 Å². The van der Waals surface area contributed by atoms with E-state index >= 15 is 0 Å². The zero-order valence-electron chi connectivity index (χ0n) is 9.54. The van der Waals surface area contributed by atoms with Crippen LogP contribution in [0.1, 0.15) is 9.67 Å². The molecule has 0 atom stereocenters. The number of nitrogens with one attached hydrogen (secondary N) is 1. The van der Waals surface area contributed by atoms with Crippen LogP contribution in [0.5, 0.6) is 11.5 Å². The molecule has 5 nitrogen and oxygen atoms in total. The third-order valence-electron chi connectivity index (χ3n) is 2.95. The first-order valence-electron chi connectivity index (χ1n) is 5.41. The number of fused-ring (bicyclic) bond motifs is 2. The molecule has 3 N–H and O–H groups in total. The maximum absolute atomic E-state index is 11.4. The van der Waals surface area contributed by atoms with E-state index < -0.39 is 5.91 Å². The lowest BCUT2D eigenvalue weighted by Crippen LogP contribution is -1.86. The first kappa shape index (κ1) is 11.6. The van der Waals surface area contributed by atoms with E-state index in [1.165, 1.54) is 6.07 Å². The zero-order chi connectivity index (χ0) is 13.6. The molecule has 1 amide bonds. The maximum Gasteiger partial charge on any atom is 0.304 e. The number of hydrogen-bond acceptors (Lipinski definition) is 5. The fourth-order valence-corrected chi connectivity index (χ4v) is 3.07. The van der Waals surface area contributed by atoms with Gasteiger partial charge >= 0.3 is 5.91 Å². The van der Waals surface area contributed by atoms with Gasteiger partial charge in [0.05, 0.1) is 9.58 Å². The van der Waals surface area contributed by atoms with E-state index in [9.17, 15) is 15.0 Å². The van der Waals surface area contributed by atoms with E-state index in [-0.39, 0.29) is 16.4 Å². The normalized spacial score (nSPS) is 10.9. The number of benzene rings is 2. The minimum absolute atomic E-state index is 0.0173. The highest BCUT2D eigenvalue weighted by Crippen LogP contribution is 2.45. The van der Waals surface area contributed by atoms with Crippen LogP contribution in [0.4, 0.5) is 0 Å². The highest BCUT2D eigenvalue weighted by Gasteiger charge is 2.18. The molecule has 0 aliphatic rings. The molecule has 0 spiro atoms. The average molecular weight is 272 g/mol. The van der Waals surface area contributed by atoms with Gasteiger partial charge in [-0.2, -0.15) is 0 Å². The lowest BCUT2D eigenvalue weighted by atomic mass is 10.1. The minimum Gasteiger partial charge on any atom is -0.507 e. The summed E-state index contributed by atoms with van der Waals surface area (Å²) < 4.78 is 0.420. The highest BCUT2D eigenvalue weighted by molar-refractivity contribution is 7.21. The zero-order valence-corrected chi connectivity index (χ0v) is 10.4. The monoisotopic (exact) mass is 272 g/mol. The number of phenols is 2. The molecule has 3 aromatic rings. The largest absolute Gasteiger partial charge is 0.507 e. The molecule has 0 radical (unpaired) electrons. The van der Waals surface area contributed by atoms with E-state index in [2.05, 4.69) is 5.11 Å². The predicted octanol–water partition coefficient (Wildman–Crippen LogP) is 3.64. The second-order valence-corrected chi connectivity index (χ2v) is 5.07. The van der Waals surface area contributed by atoms with E-state index in [0.717, 1.165) is 11.3 Å². The van der Waals surface area contributed by atoms with Crippen molar-refractivity contribution in [3.63, 3.8) is 0 Å². The van der Waals surface area contributed by atoms with Crippen molar-refractivity contribution in [3.8, 4) is 11.5 Å². The summed E-state index contributed by atoms with van der Waals surface area (Å²) in [4.78, 5) is 11.6. The molecule has 0 aliphatic heterocycles. The Bertz CT molecular complexity index is 780. The first-order valence-corrected chi connectivity index (χ1v) is 6.23. The molecule has 0 unspecified atom stereocenters. The van der Waals surface area contributed by atoms with Crippen LogP contribution in [0.3, 0.4) is 0 Å². The van der Waals surface area contributed by atoms with Crippen LogP contribution in [-0.2, 0) is 0 Å². The van der Waals surface area contributed by atoms with Gasteiger partial charge in [0.2, 0.25) is 0 Å². The number of amides is 1. The molecule has 1 heterocycles. The third-order valence-corrected chi connectivity index (χ3v) is 4.08. The van der Waals surface area contributed by atoms with Crippen LogP contribution < -0.4 is 0 Å². The highest BCUT2D eigenvalue weighted by atomic mass is 32.1.